The van der Waals surface area contributed by atoms with Crippen LogP contribution in [0.15, 0.2) is 47.1 Å². The third-order valence-corrected chi connectivity index (χ3v) is 2.93. The lowest BCUT2D eigenvalue weighted by molar-refractivity contribution is 0.498. The Morgan fingerprint density at radius 3 is 2.59 bits per heavy atom. The van der Waals surface area contributed by atoms with Crippen molar-refractivity contribution in [3.8, 4) is 0 Å². The zero-order chi connectivity index (χ0) is 12.3. The molecule has 1 aromatic heterocycles. The first-order valence-corrected chi connectivity index (χ1v) is 6.04. The topological polar surface area (TPSA) is 33.1 Å². The van der Waals surface area contributed by atoms with Crippen molar-refractivity contribution in [2.45, 2.75) is 6.92 Å². The van der Waals surface area contributed by atoms with Crippen molar-refractivity contribution in [1.82, 2.24) is 4.98 Å². The summed E-state index contributed by atoms with van der Waals surface area (Å²) in [7, 11) is 0. The average Bonchev–Trinajstić information content (AvgIpc) is 2.32. The fourth-order valence-corrected chi connectivity index (χ4v) is 1.82. The lowest BCUT2D eigenvalue weighted by Gasteiger charge is -1.95. The summed E-state index contributed by atoms with van der Waals surface area (Å²) in [6.07, 6.45) is 3.67. The first-order chi connectivity index (χ1) is 8.16. The van der Waals surface area contributed by atoms with E-state index in [0.29, 0.717) is 0 Å². The van der Waals surface area contributed by atoms with Crippen molar-refractivity contribution >= 4 is 27.8 Å². The predicted octanol–water partition coefficient (Wildman–Crippen LogP) is 2.36. The second-order valence-corrected chi connectivity index (χ2v) is 4.63. The Kier molecular flexibility index (Phi) is 3.59. The molecule has 1 N–H and O–H groups in total. The number of hydrogen-bond acceptors (Lipinski definition) is 2. The molecule has 0 atom stereocenters. The zero-order valence-electron chi connectivity index (χ0n) is 9.39. The van der Waals surface area contributed by atoms with Crippen molar-refractivity contribution in [2.24, 2.45) is 0 Å². The van der Waals surface area contributed by atoms with Gasteiger partial charge in [-0.15, -0.1) is 0 Å². The second-order valence-electron chi connectivity index (χ2n) is 3.72. The molecule has 0 saturated carbocycles. The van der Waals surface area contributed by atoms with Gasteiger partial charge < -0.3 is 5.11 Å². The van der Waals surface area contributed by atoms with Crippen molar-refractivity contribution in [3.63, 3.8) is 0 Å². The van der Waals surface area contributed by atoms with E-state index in [1.54, 1.807) is 13.1 Å². The standard InChI is InChI=1S/C14H12BrNO/c1-10(17)13-3-2-8-16-14(13)9-11-4-6-12(15)7-5-11/h2-9,17H,1H3/b13-10-,14-9?. The van der Waals surface area contributed by atoms with Gasteiger partial charge in [0.1, 0.15) is 0 Å². The van der Waals surface area contributed by atoms with Gasteiger partial charge in [0.25, 0.3) is 0 Å². The monoisotopic (exact) mass is 289 g/mol. The Hall–Kier alpha value is -1.61. The van der Waals surface area contributed by atoms with Crippen LogP contribution in [0.25, 0.3) is 11.8 Å². The summed E-state index contributed by atoms with van der Waals surface area (Å²) < 4.78 is 1.04. The quantitative estimate of drug-likeness (QED) is 0.874. The van der Waals surface area contributed by atoms with Gasteiger partial charge >= 0.3 is 0 Å². The van der Waals surface area contributed by atoms with Gasteiger partial charge in [-0.3, -0.25) is 4.98 Å². The molecule has 0 aliphatic carbocycles. The smallest absolute Gasteiger partial charge is 0.0985 e. The van der Waals surface area contributed by atoms with Gasteiger partial charge in [-0.25, -0.2) is 0 Å². The first kappa shape index (κ1) is 11.9. The van der Waals surface area contributed by atoms with Gasteiger partial charge in [0.2, 0.25) is 0 Å². The fraction of sp³-hybridized carbons (Fsp3) is 0.0714. The largest absolute Gasteiger partial charge is 0.512 e. The Labute approximate surface area is 108 Å². The molecular formula is C14H12BrNO. The SMILES string of the molecule is C/C(O)=c1\cccnc1=Cc1ccc(Br)cc1. The maximum Gasteiger partial charge on any atom is 0.0985 e. The van der Waals surface area contributed by atoms with E-state index in [1.165, 1.54) is 0 Å². The number of hydrogen-bond donors (Lipinski definition) is 1. The van der Waals surface area contributed by atoms with E-state index >= 15 is 0 Å². The van der Waals surface area contributed by atoms with E-state index < -0.39 is 0 Å². The number of pyridine rings is 1. The summed E-state index contributed by atoms with van der Waals surface area (Å²) in [5.41, 5.74) is 1.05. The summed E-state index contributed by atoms with van der Waals surface area (Å²) in [6, 6.07) is 11.6. The molecule has 0 unspecified atom stereocenters. The highest BCUT2D eigenvalue weighted by Gasteiger charge is 1.92. The zero-order valence-corrected chi connectivity index (χ0v) is 11.0. The van der Waals surface area contributed by atoms with Crippen molar-refractivity contribution in [2.75, 3.05) is 0 Å². The van der Waals surface area contributed by atoms with Gasteiger partial charge in [0, 0.05) is 15.9 Å². The average molecular weight is 290 g/mol. The van der Waals surface area contributed by atoms with Crippen LogP contribution >= 0.6 is 15.9 Å². The molecule has 3 heteroatoms. The highest BCUT2D eigenvalue weighted by molar-refractivity contribution is 9.10. The van der Waals surface area contributed by atoms with Gasteiger partial charge in [0.15, 0.2) is 0 Å². The number of rotatable bonds is 1. The van der Waals surface area contributed by atoms with Crippen LogP contribution in [0.1, 0.15) is 12.5 Å². The number of aliphatic hydroxyl groups excluding tert-OH is 1. The molecule has 1 heterocycles. The van der Waals surface area contributed by atoms with Crippen LogP contribution in [0.3, 0.4) is 0 Å². The molecule has 1 aromatic carbocycles. The highest BCUT2D eigenvalue weighted by Crippen LogP contribution is 2.10. The lowest BCUT2D eigenvalue weighted by atomic mass is 10.2. The van der Waals surface area contributed by atoms with E-state index in [2.05, 4.69) is 20.9 Å². The van der Waals surface area contributed by atoms with Crippen LogP contribution in [0, 0.1) is 0 Å². The van der Waals surface area contributed by atoms with E-state index in [4.69, 9.17) is 0 Å². The number of nitrogens with zero attached hydrogens (tertiary/aromatic N) is 1. The maximum atomic E-state index is 9.58. The number of halogens is 1. The van der Waals surface area contributed by atoms with E-state index in [0.717, 1.165) is 20.6 Å². The van der Waals surface area contributed by atoms with Gasteiger partial charge in [0.05, 0.1) is 11.1 Å². The minimum atomic E-state index is 0.279. The molecule has 0 fully saturated rings. The lowest BCUT2D eigenvalue weighted by Crippen LogP contribution is -2.29. The summed E-state index contributed by atoms with van der Waals surface area (Å²) in [5.74, 6) is 0.279. The van der Waals surface area contributed by atoms with Crippen LogP contribution in [0.4, 0.5) is 0 Å². The molecule has 2 nitrogen and oxygen atoms in total. The molecule has 0 bridgehead atoms. The summed E-state index contributed by atoms with van der Waals surface area (Å²) >= 11 is 3.39. The van der Waals surface area contributed by atoms with Crippen molar-refractivity contribution < 1.29 is 5.11 Å². The fourth-order valence-electron chi connectivity index (χ4n) is 1.56. The molecule has 0 amide bonds. The van der Waals surface area contributed by atoms with E-state index in [-0.39, 0.29) is 5.76 Å². The minimum absolute atomic E-state index is 0.279. The summed E-state index contributed by atoms with van der Waals surface area (Å²) in [4.78, 5) is 4.27. The Morgan fingerprint density at radius 1 is 1.24 bits per heavy atom. The Morgan fingerprint density at radius 2 is 1.94 bits per heavy atom. The predicted molar refractivity (Wildman–Crippen MR) is 72.9 cm³/mol. The molecule has 2 rings (SSSR count). The molecule has 0 aliphatic heterocycles. The second kappa shape index (κ2) is 5.15. The van der Waals surface area contributed by atoms with Crippen LogP contribution in [0.5, 0.6) is 0 Å². The van der Waals surface area contributed by atoms with Crippen molar-refractivity contribution in [3.05, 3.63) is 63.2 Å². The van der Waals surface area contributed by atoms with E-state index in [1.807, 2.05) is 42.5 Å². The summed E-state index contributed by atoms with van der Waals surface area (Å²) in [5, 5.41) is 11.1. The van der Waals surface area contributed by atoms with Crippen LogP contribution in [-0.2, 0) is 0 Å². The van der Waals surface area contributed by atoms with Gasteiger partial charge in [-0.1, -0.05) is 28.1 Å². The van der Waals surface area contributed by atoms with E-state index in [9.17, 15) is 5.11 Å². The molecule has 86 valence electrons. The third-order valence-electron chi connectivity index (χ3n) is 2.40. The molecular weight excluding hydrogens is 278 g/mol. The highest BCUT2D eigenvalue weighted by atomic mass is 79.9. The normalized spacial score (nSPS) is 13.6. The minimum Gasteiger partial charge on any atom is -0.512 e. The molecule has 0 saturated heterocycles. The van der Waals surface area contributed by atoms with Gasteiger partial charge in [-0.2, -0.15) is 0 Å². The molecule has 17 heavy (non-hydrogen) atoms. The maximum absolute atomic E-state index is 9.58. The summed E-state index contributed by atoms with van der Waals surface area (Å²) in [6.45, 7) is 1.66. The molecule has 0 radical (unpaired) electrons. The van der Waals surface area contributed by atoms with Crippen molar-refractivity contribution in [1.29, 1.82) is 0 Å². The first-order valence-electron chi connectivity index (χ1n) is 5.25. The van der Waals surface area contributed by atoms with Crippen LogP contribution in [-0.4, -0.2) is 10.1 Å². The van der Waals surface area contributed by atoms with Gasteiger partial charge in [-0.05, 0) is 42.8 Å². The number of benzene rings is 1. The third kappa shape index (κ3) is 2.94. The Balaban J connectivity index is 2.62. The Bertz CT molecular complexity index is 628. The molecule has 0 aliphatic rings. The van der Waals surface area contributed by atoms with Crippen LogP contribution < -0.4 is 10.6 Å². The number of aromatic nitrogens is 1. The number of aliphatic hydroxyl groups is 1. The van der Waals surface area contributed by atoms with Crippen LogP contribution in [0.2, 0.25) is 0 Å². The molecule has 2 aromatic rings. The molecule has 0 spiro atoms.